The quantitative estimate of drug-likeness (QED) is 0.499. The van der Waals surface area contributed by atoms with Crippen molar-refractivity contribution in [3.8, 4) is 0 Å². The van der Waals surface area contributed by atoms with Crippen LogP contribution in [0.5, 0.6) is 0 Å². The van der Waals surface area contributed by atoms with Gasteiger partial charge >= 0.3 is 5.97 Å². The number of carboxylic acids is 1. The third-order valence-corrected chi connectivity index (χ3v) is 2.31. The van der Waals surface area contributed by atoms with E-state index < -0.39 is 11.3 Å². The Bertz CT molecular complexity index is 379. The summed E-state index contributed by atoms with van der Waals surface area (Å²) in [4.78, 5) is 15.1. The van der Waals surface area contributed by atoms with Gasteiger partial charge < -0.3 is 16.1 Å². The number of aliphatic carboxylic acids is 1. The molecule has 0 aromatic heterocycles. The van der Waals surface area contributed by atoms with E-state index in [1.54, 1.807) is 6.21 Å². The largest absolute Gasteiger partial charge is 0.693 e. The Morgan fingerprint density at radius 3 is 2.59 bits per heavy atom. The van der Waals surface area contributed by atoms with E-state index in [4.69, 9.17) is 16.7 Å². The molecule has 0 saturated carbocycles. The fourth-order valence-corrected chi connectivity index (χ4v) is 1.33. The van der Waals surface area contributed by atoms with Gasteiger partial charge in [0.05, 0.1) is 6.21 Å². The predicted octanol–water partition coefficient (Wildman–Crippen LogP) is 2.62. The molecule has 0 bridgehead atoms. The van der Waals surface area contributed by atoms with Crippen LogP contribution in [0.4, 0.5) is 0 Å². The number of nitrogens with zero attached hydrogens (tertiary/aromatic N) is 1. The summed E-state index contributed by atoms with van der Waals surface area (Å²) in [7, 11) is 1.47. The van der Waals surface area contributed by atoms with Gasteiger partial charge in [0.15, 0.2) is 0 Å². The number of carboxylic acid groups (broad SMARTS) is 1. The highest BCUT2D eigenvalue weighted by atomic mass is 35.5. The summed E-state index contributed by atoms with van der Waals surface area (Å²) in [5, 5.41) is 11.4. The van der Waals surface area contributed by atoms with Crippen molar-refractivity contribution in [1.82, 2.24) is 0 Å². The van der Waals surface area contributed by atoms with E-state index in [1.807, 2.05) is 24.3 Å². The van der Waals surface area contributed by atoms with E-state index in [9.17, 15) is 4.79 Å². The van der Waals surface area contributed by atoms with Crippen LogP contribution < -0.4 is 0 Å². The minimum Gasteiger partial charge on any atom is -0.693 e. The highest BCUT2D eigenvalue weighted by Gasteiger charge is 2.13. The lowest BCUT2D eigenvalue weighted by atomic mass is 10.1. The summed E-state index contributed by atoms with van der Waals surface area (Å²) >= 11 is 5.63. The first-order valence-corrected chi connectivity index (χ1v) is 5.09. The molecule has 94 valence electrons. The zero-order chi connectivity index (χ0) is 12.0. The first-order valence-electron chi connectivity index (χ1n) is 4.66. The molecule has 5 nitrogen and oxygen atoms in total. The first-order chi connectivity index (χ1) is 7.63. The summed E-state index contributed by atoms with van der Waals surface area (Å²) in [5.41, 5.74) is 1.75. The van der Waals surface area contributed by atoms with Crippen LogP contribution >= 0.6 is 11.6 Å². The molecule has 0 heterocycles. The Balaban J connectivity index is 0.00000256. The smallest absolute Gasteiger partial charge is 0.321 e. The molecule has 0 aliphatic heterocycles. The SMILES string of the molecule is CO/N=C/c1ccc(CC(Cl)C(=O)O)cc1.[NH2-]. The van der Waals surface area contributed by atoms with Gasteiger partial charge in [-0.2, -0.15) is 0 Å². The number of alkyl halides is 1. The molecule has 1 aromatic rings. The second-order valence-electron chi connectivity index (χ2n) is 3.17. The molecule has 0 aliphatic carbocycles. The molecule has 0 saturated heterocycles. The molecule has 1 rings (SSSR count). The third kappa shape index (κ3) is 5.33. The fourth-order valence-electron chi connectivity index (χ4n) is 1.15. The molecule has 0 spiro atoms. The normalized spacial score (nSPS) is 11.9. The second kappa shape index (κ2) is 7.65. The second-order valence-corrected chi connectivity index (χ2v) is 3.70. The first kappa shape index (κ1) is 15.4. The van der Waals surface area contributed by atoms with Crippen LogP contribution in [-0.4, -0.2) is 29.8 Å². The van der Waals surface area contributed by atoms with Crippen LogP contribution in [0.25, 0.3) is 6.15 Å². The zero-order valence-electron chi connectivity index (χ0n) is 9.34. The van der Waals surface area contributed by atoms with Gasteiger partial charge in [-0.25, -0.2) is 0 Å². The topological polar surface area (TPSA) is 92.4 Å². The molecule has 6 heteroatoms. The van der Waals surface area contributed by atoms with Gasteiger partial charge in [0.2, 0.25) is 0 Å². The maximum Gasteiger partial charge on any atom is 0.321 e. The van der Waals surface area contributed by atoms with Crippen molar-refractivity contribution < 1.29 is 14.7 Å². The average molecular weight is 258 g/mol. The maximum absolute atomic E-state index is 10.5. The average Bonchev–Trinajstić information content (AvgIpc) is 2.28. The summed E-state index contributed by atoms with van der Waals surface area (Å²) in [6, 6.07) is 7.28. The molecular weight excluding hydrogens is 244 g/mol. The van der Waals surface area contributed by atoms with Crippen LogP contribution in [0, 0.1) is 0 Å². The van der Waals surface area contributed by atoms with Gasteiger partial charge in [0, 0.05) is 0 Å². The van der Waals surface area contributed by atoms with Crippen LogP contribution in [0.2, 0.25) is 0 Å². The molecular formula is C11H14ClN2O3-. The molecule has 0 fully saturated rings. The Morgan fingerprint density at radius 2 is 2.12 bits per heavy atom. The molecule has 3 N–H and O–H groups in total. The van der Waals surface area contributed by atoms with Crippen molar-refractivity contribution in [2.24, 2.45) is 5.16 Å². The van der Waals surface area contributed by atoms with Crippen LogP contribution in [-0.2, 0) is 16.1 Å². The molecule has 1 unspecified atom stereocenters. The van der Waals surface area contributed by atoms with Gasteiger partial charge in [-0.1, -0.05) is 29.4 Å². The predicted molar refractivity (Wildman–Crippen MR) is 67.3 cm³/mol. The van der Waals surface area contributed by atoms with Crippen molar-refractivity contribution in [3.63, 3.8) is 0 Å². The summed E-state index contributed by atoms with van der Waals surface area (Å²) < 4.78 is 0. The van der Waals surface area contributed by atoms with Crippen LogP contribution in [0.1, 0.15) is 11.1 Å². The van der Waals surface area contributed by atoms with Crippen molar-refractivity contribution in [2.75, 3.05) is 7.11 Å². The van der Waals surface area contributed by atoms with Crippen LogP contribution in [0.3, 0.4) is 0 Å². The van der Waals surface area contributed by atoms with Crippen molar-refractivity contribution in [3.05, 3.63) is 41.5 Å². The Kier molecular flexibility index (Phi) is 6.93. The van der Waals surface area contributed by atoms with Gasteiger partial charge in [0.1, 0.15) is 12.5 Å². The zero-order valence-corrected chi connectivity index (χ0v) is 10.1. The summed E-state index contributed by atoms with van der Waals surface area (Å²) in [6.45, 7) is 0. The number of hydrogen-bond donors (Lipinski definition) is 1. The third-order valence-electron chi connectivity index (χ3n) is 1.97. The minimum atomic E-state index is -1.01. The van der Waals surface area contributed by atoms with Gasteiger partial charge in [-0.05, 0) is 17.5 Å². The molecule has 1 atom stereocenters. The molecule has 1 aromatic carbocycles. The van der Waals surface area contributed by atoms with Gasteiger partial charge in [-0.3, -0.25) is 4.79 Å². The molecule has 0 aliphatic rings. The lowest BCUT2D eigenvalue weighted by Crippen LogP contribution is -2.15. The number of halogens is 1. The van der Waals surface area contributed by atoms with Crippen molar-refractivity contribution in [1.29, 1.82) is 0 Å². The van der Waals surface area contributed by atoms with E-state index in [-0.39, 0.29) is 6.15 Å². The molecule has 17 heavy (non-hydrogen) atoms. The van der Waals surface area contributed by atoms with Crippen molar-refractivity contribution >= 4 is 23.8 Å². The summed E-state index contributed by atoms with van der Waals surface area (Å²) in [6.07, 6.45) is 1.87. The number of hydrogen-bond acceptors (Lipinski definition) is 3. The monoisotopic (exact) mass is 257 g/mol. The molecule has 0 radical (unpaired) electrons. The molecule has 0 amide bonds. The maximum atomic E-state index is 10.5. The van der Waals surface area contributed by atoms with Crippen LogP contribution in [0.15, 0.2) is 29.4 Å². The van der Waals surface area contributed by atoms with Crippen molar-refractivity contribution in [2.45, 2.75) is 11.8 Å². The lowest BCUT2D eigenvalue weighted by molar-refractivity contribution is -0.136. The minimum absolute atomic E-state index is 0. The van der Waals surface area contributed by atoms with E-state index in [1.165, 1.54) is 7.11 Å². The highest BCUT2D eigenvalue weighted by Crippen LogP contribution is 2.09. The Hall–Kier alpha value is -1.59. The number of oxime groups is 1. The van der Waals surface area contributed by atoms with E-state index >= 15 is 0 Å². The number of carbonyl (C=O) groups is 1. The van der Waals surface area contributed by atoms with Gasteiger partial charge in [0.25, 0.3) is 0 Å². The lowest BCUT2D eigenvalue weighted by Gasteiger charge is -2.04. The standard InChI is InChI=1S/C11H12ClNO3.H2N/c1-16-13-7-9-4-2-8(3-5-9)6-10(12)11(14)15;/h2-5,7,10H,6H2,1H3,(H,14,15);1H2/q;-1/b13-7+;. The van der Waals surface area contributed by atoms with Gasteiger partial charge in [-0.15, -0.1) is 11.6 Å². The van der Waals surface area contributed by atoms with E-state index in [2.05, 4.69) is 9.99 Å². The Labute approximate surface area is 105 Å². The number of nitrogens with two attached hydrogens (primary N) is 1. The van der Waals surface area contributed by atoms with E-state index in [0.29, 0.717) is 6.42 Å². The van der Waals surface area contributed by atoms with E-state index in [0.717, 1.165) is 11.1 Å². The number of benzene rings is 1. The Morgan fingerprint density at radius 1 is 1.53 bits per heavy atom. The number of rotatable bonds is 5. The highest BCUT2D eigenvalue weighted by molar-refractivity contribution is 6.29. The summed E-state index contributed by atoms with van der Waals surface area (Å²) in [5.74, 6) is -1.01. The fraction of sp³-hybridized carbons (Fsp3) is 0.273.